The van der Waals surface area contributed by atoms with Crippen molar-refractivity contribution in [2.75, 3.05) is 6.54 Å². The van der Waals surface area contributed by atoms with Crippen molar-refractivity contribution < 1.29 is 31.6 Å². The van der Waals surface area contributed by atoms with E-state index < -0.39 is 34.4 Å². The van der Waals surface area contributed by atoms with Crippen molar-refractivity contribution in [3.8, 4) is 0 Å². The third kappa shape index (κ3) is 5.43. The highest BCUT2D eigenvalue weighted by molar-refractivity contribution is 7.80. The minimum atomic E-state index is -4.85. The van der Waals surface area contributed by atoms with Crippen LogP contribution in [0.3, 0.4) is 0 Å². The summed E-state index contributed by atoms with van der Waals surface area (Å²) in [5, 5.41) is 0.560. The Morgan fingerprint density at radius 3 is 2.59 bits per heavy atom. The molecule has 29 heavy (non-hydrogen) atoms. The van der Waals surface area contributed by atoms with Gasteiger partial charge in [-0.15, -0.1) is 4.28 Å². The van der Waals surface area contributed by atoms with Crippen molar-refractivity contribution in [2.45, 2.75) is 44.2 Å². The van der Waals surface area contributed by atoms with Crippen LogP contribution in [0.15, 0.2) is 30.3 Å². The first-order chi connectivity index (χ1) is 13.7. The van der Waals surface area contributed by atoms with Crippen LogP contribution in [0.5, 0.6) is 0 Å². The highest BCUT2D eigenvalue weighted by atomic mass is 32.3. The Morgan fingerprint density at radius 2 is 1.90 bits per heavy atom. The minimum Gasteiger partial charge on any atom is -0.309 e. The summed E-state index contributed by atoms with van der Waals surface area (Å²) in [7, 11) is -4.85. The molecule has 2 atom stereocenters. The SMILES string of the molecule is O=C(CCCc1ccccc1)NNC(=O)[C@@H]1CC[C@@H]2CN1C(=O)N2OS(=O)(=O)O. The molecule has 0 aliphatic carbocycles. The Morgan fingerprint density at radius 1 is 1.17 bits per heavy atom. The predicted molar refractivity (Wildman–Crippen MR) is 99.1 cm³/mol. The average Bonchev–Trinajstić information content (AvgIpc) is 2.90. The molecule has 158 valence electrons. The van der Waals surface area contributed by atoms with Crippen molar-refractivity contribution in [3.05, 3.63) is 35.9 Å². The summed E-state index contributed by atoms with van der Waals surface area (Å²) >= 11 is 0. The molecule has 1 aromatic rings. The monoisotopic (exact) mass is 426 g/mol. The number of hydrazine groups is 1. The van der Waals surface area contributed by atoms with Crippen LogP contribution in [-0.4, -0.2) is 59.4 Å². The number of urea groups is 1. The molecular weight excluding hydrogens is 404 g/mol. The van der Waals surface area contributed by atoms with Gasteiger partial charge in [0.25, 0.3) is 5.91 Å². The van der Waals surface area contributed by atoms with Gasteiger partial charge in [-0.3, -0.25) is 25.0 Å². The number of hydroxylamine groups is 2. The van der Waals surface area contributed by atoms with Gasteiger partial charge in [0.2, 0.25) is 5.91 Å². The number of nitrogens with one attached hydrogen (secondary N) is 2. The van der Waals surface area contributed by atoms with Crippen molar-refractivity contribution >= 4 is 28.2 Å². The topological polar surface area (TPSA) is 145 Å². The number of amides is 4. The number of rotatable bonds is 7. The zero-order valence-electron chi connectivity index (χ0n) is 15.5. The van der Waals surface area contributed by atoms with Gasteiger partial charge in [-0.2, -0.15) is 13.5 Å². The summed E-state index contributed by atoms with van der Waals surface area (Å²) < 4.78 is 34.9. The zero-order chi connectivity index (χ0) is 21.0. The number of aryl methyl sites for hydroxylation is 1. The number of benzene rings is 1. The fourth-order valence-electron chi connectivity index (χ4n) is 3.48. The van der Waals surface area contributed by atoms with Crippen LogP contribution in [0.4, 0.5) is 4.79 Å². The lowest BCUT2D eigenvalue weighted by atomic mass is 10.0. The van der Waals surface area contributed by atoms with Crippen LogP contribution >= 0.6 is 0 Å². The fourth-order valence-corrected chi connectivity index (χ4v) is 3.87. The third-order valence-electron chi connectivity index (χ3n) is 4.84. The number of hydrogen-bond acceptors (Lipinski definition) is 6. The van der Waals surface area contributed by atoms with Gasteiger partial charge in [-0.1, -0.05) is 30.3 Å². The normalized spacial score (nSPS) is 21.2. The molecule has 2 saturated heterocycles. The molecule has 1 aromatic carbocycles. The predicted octanol–water partition coefficient (Wildman–Crippen LogP) is 0.160. The molecule has 0 unspecified atom stereocenters. The largest absolute Gasteiger partial charge is 0.418 e. The molecule has 0 spiro atoms. The first-order valence-corrected chi connectivity index (χ1v) is 10.5. The second kappa shape index (κ2) is 8.76. The Bertz CT molecular complexity index is 877. The lowest BCUT2D eigenvalue weighted by molar-refractivity contribution is -0.132. The van der Waals surface area contributed by atoms with Gasteiger partial charge in [0.15, 0.2) is 0 Å². The summed E-state index contributed by atoms with van der Waals surface area (Å²) in [5.41, 5.74) is 5.76. The van der Waals surface area contributed by atoms with Gasteiger partial charge >= 0.3 is 16.4 Å². The maximum atomic E-state index is 12.4. The average molecular weight is 426 g/mol. The summed E-state index contributed by atoms with van der Waals surface area (Å²) in [6.07, 6.45) is 2.14. The standard InChI is InChI=1S/C17H22N4O7S/c22-15(8-4-7-12-5-2-1-3-6-12)18-19-16(23)14-10-9-13-11-20(14)17(24)21(13)28-29(25,26)27/h1-3,5-6,13-14H,4,7-11H2,(H,18,22)(H,19,23)(H,25,26,27)/t13-,14+/m1/s1. The second-order valence-electron chi connectivity index (χ2n) is 6.89. The Kier molecular flexibility index (Phi) is 6.35. The van der Waals surface area contributed by atoms with E-state index in [4.69, 9.17) is 4.55 Å². The first-order valence-electron chi connectivity index (χ1n) is 9.14. The van der Waals surface area contributed by atoms with Gasteiger partial charge in [0, 0.05) is 13.0 Å². The highest BCUT2D eigenvalue weighted by Crippen LogP contribution is 2.30. The molecule has 11 nitrogen and oxygen atoms in total. The molecule has 12 heteroatoms. The van der Waals surface area contributed by atoms with E-state index in [1.807, 2.05) is 30.3 Å². The molecule has 2 aliphatic heterocycles. The maximum Gasteiger partial charge on any atom is 0.418 e. The van der Waals surface area contributed by atoms with Crippen LogP contribution in [0, 0.1) is 0 Å². The minimum absolute atomic E-state index is 0.0808. The molecule has 3 rings (SSSR count). The Hall–Kier alpha value is -2.70. The van der Waals surface area contributed by atoms with Crippen LogP contribution in [-0.2, 0) is 30.7 Å². The molecular formula is C17H22N4O7S. The number of piperidine rings is 1. The van der Waals surface area contributed by atoms with E-state index in [2.05, 4.69) is 15.1 Å². The first kappa shape index (κ1) is 21.0. The van der Waals surface area contributed by atoms with Crippen LogP contribution in [0.2, 0.25) is 0 Å². The van der Waals surface area contributed by atoms with Gasteiger partial charge in [0.05, 0.1) is 6.04 Å². The summed E-state index contributed by atoms with van der Waals surface area (Å²) in [6, 6.07) is 7.41. The number of fused-ring (bicyclic) bond motifs is 2. The molecule has 0 saturated carbocycles. The number of carbonyl (C=O) groups is 3. The second-order valence-corrected chi connectivity index (χ2v) is 7.89. The number of nitrogens with zero attached hydrogens (tertiary/aromatic N) is 2. The van der Waals surface area contributed by atoms with E-state index in [1.165, 1.54) is 0 Å². The highest BCUT2D eigenvalue weighted by Gasteiger charge is 2.49. The fraction of sp³-hybridized carbons (Fsp3) is 0.471. The molecule has 3 N–H and O–H groups in total. The van der Waals surface area contributed by atoms with E-state index in [9.17, 15) is 22.8 Å². The summed E-state index contributed by atoms with van der Waals surface area (Å²) in [5.74, 6) is -0.936. The van der Waals surface area contributed by atoms with Crippen molar-refractivity contribution in [3.63, 3.8) is 0 Å². The van der Waals surface area contributed by atoms with Crippen LogP contribution < -0.4 is 10.9 Å². The molecule has 0 radical (unpaired) electrons. The van der Waals surface area contributed by atoms with E-state index >= 15 is 0 Å². The Balaban J connectivity index is 1.45. The zero-order valence-corrected chi connectivity index (χ0v) is 16.3. The lowest BCUT2D eigenvalue weighted by Crippen LogP contribution is -2.54. The lowest BCUT2D eigenvalue weighted by Gasteiger charge is -2.29. The van der Waals surface area contributed by atoms with Gasteiger partial charge in [-0.05, 0) is 31.2 Å². The maximum absolute atomic E-state index is 12.4. The molecule has 4 amide bonds. The molecule has 2 heterocycles. The molecule has 2 fully saturated rings. The van der Waals surface area contributed by atoms with Crippen molar-refractivity contribution in [1.29, 1.82) is 0 Å². The third-order valence-corrected chi connectivity index (χ3v) is 5.19. The van der Waals surface area contributed by atoms with Gasteiger partial charge < -0.3 is 4.90 Å². The quantitative estimate of drug-likeness (QED) is 0.416. The Labute approximate surface area is 167 Å². The number of hydrogen-bond donors (Lipinski definition) is 3. The number of carbonyl (C=O) groups excluding carboxylic acids is 3. The van der Waals surface area contributed by atoms with Crippen molar-refractivity contribution in [2.24, 2.45) is 0 Å². The molecule has 2 aliphatic rings. The van der Waals surface area contributed by atoms with E-state index in [-0.39, 0.29) is 25.3 Å². The van der Waals surface area contributed by atoms with E-state index in [0.717, 1.165) is 16.9 Å². The van der Waals surface area contributed by atoms with Gasteiger partial charge in [0.1, 0.15) is 6.04 Å². The van der Waals surface area contributed by atoms with E-state index in [0.29, 0.717) is 17.9 Å². The van der Waals surface area contributed by atoms with Gasteiger partial charge in [-0.25, -0.2) is 4.79 Å². The van der Waals surface area contributed by atoms with Crippen LogP contribution in [0.25, 0.3) is 0 Å². The summed E-state index contributed by atoms with van der Waals surface area (Å²) in [6.45, 7) is 0.0808. The molecule has 0 aromatic heterocycles. The van der Waals surface area contributed by atoms with Crippen LogP contribution in [0.1, 0.15) is 31.2 Å². The summed E-state index contributed by atoms with van der Waals surface area (Å²) in [4.78, 5) is 37.7. The van der Waals surface area contributed by atoms with Crippen molar-refractivity contribution in [1.82, 2.24) is 20.8 Å². The van der Waals surface area contributed by atoms with E-state index in [1.54, 1.807) is 0 Å². The molecule has 2 bridgehead atoms. The smallest absolute Gasteiger partial charge is 0.309 e.